The average Bonchev–Trinajstić information content (AvgIpc) is 2.80. The summed E-state index contributed by atoms with van der Waals surface area (Å²) in [5.74, 6) is 1.21. The molecule has 1 heterocycles. The number of hydrogen-bond acceptors (Lipinski definition) is 6. The van der Waals surface area contributed by atoms with Gasteiger partial charge in [0.05, 0.1) is 24.7 Å². The minimum absolute atomic E-state index is 0.113. The quantitative estimate of drug-likeness (QED) is 0.650. The van der Waals surface area contributed by atoms with E-state index < -0.39 is 16.1 Å². The fraction of sp³-hybridized carbons (Fsp3) is 0.435. The Labute approximate surface area is 190 Å². The molecule has 1 atom stereocenters. The van der Waals surface area contributed by atoms with E-state index in [0.717, 1.165) is 17.0 Å². The number of nitrogens with one attached hydrogen (secondary N) is 1. The average molecular weight is 462 g/mol. The Kier molecular flexibility index (Phi) is 7.63. The maximum absolute atomic E-state index is 12.9. The minimum Gasteiger partial charge on any atom is -0.497 e. The van der Waals surface area contributed by atoms with Gasteiger partial charge >= 0.3 is 0 Å². The Morgan fingerprint density at radius 1 is 1.09 bits per heavy atom. The van der Waals surface area contributed by atoms with Gasteiger partial charge in [0.2, 0.25) is 15.9 Å². The van der Waals surface area contributed by atoms with Gasteiger partial charge in [0.25, 0.3) is 0 Å². The molecule has 0 spiro atoms. The van der Waals surface area contributed by atoms with E-state index in [0.29, 0.717) is 38.5 Å². The number of nitrogens with zero attached hydrogens (tertiary/aromatic N) is 2. The predicted octanol–water partition coefficient (Wildman–Crippen LogP) is 2.42. The SMILES string of the molecule is CCOc1ccc(S(=O)(=O)N[C@@H](C)C(=O)N2CCN(c3ccc(OC)cc3)CC2)cc1C. The number of hydrogen-bond donors (Lipinski definition) is 1. The van der Waals surface area contributed by atoms with E-state index >= 15 is 0 Å². The van der Waals surface area contributed by atoms with Crippen LogP contribution in [0, 0.1) is 6.92 Å². The molecular weight excluding hydrogens is 430 g/mol. The second-order valence-corrected chi connectivity index (χ2v) is 9.43. The lowest BCUT2D eigenvalue weighted by atomic mass is 10.2. The van der Waals surface area contributed by atoms with Crippen LogP contribution in [-0.2, 0) is 14.8 Å². The van der Waals surface area contributed by atoms with Crippen molar-refractivity contribution in [2.24, 2.45) is 0 Å². The van der Waals surface area contributed by atoms with Gasteiger partial charge in [-0.15, -0.1) is 0 Å². The van der Waals surface area contributed by atoms with Crippen molar-refractivity contribution in [1.29, 1.82) is 0 Å². The summed E-state index contributed by atoms with van der Waals surface area (Å²) in [6.07, 6.45) is 0. The first-order valence-corrected chi connectivity index (χ1v) is 12.2. The molecule has 0 bridgehead atoms. The molecule has 1 aliphatic rings. The van der Waals surface area contributed by atoms with Crippen molar-refractivity contribution in [1.82, 2.24) is 9.62 Å². The highest BCUT2D eigenvalue weighted by atomic mass is 32.2. The predicted molar refractivity (Wildman–Crippen MR) is 124 cm³/mol. The molecule has 0 aliphatic carbocycles. The third-order valence-corrected chi connectivity index (χ3v) is 7.03. The molecule has 0 radical (unpaired) electrons. The topological polar surface area (TPSA) is 88.2 Å². The highest BCUT2D eigenvalue weighted by Crippen LogP contribution is 2.23. The number of carbonyl (C=O) groups excluding carboxylic acids is 1. The van der Waals surface area contributed by atoms with Crippen LogP contribution in [0.15, 0.2) is 47.4 Å². The summed E-state index contributed by atoms with van der Waals surface area (Å²) < 4.78 is 38.8. The maximum atomic E-state index is 12.9. The second kappa shape index (κ2) is 10.2. The van der Waals surface area contributed by atoms with Crippen LogP contribution in [0.25, 0.3) is 0 Å². The number of ether oxygens (including phenoxy) is 2. The smallest absolute Gasteiger partial charge is 0.241 e. The second-order valence-electron chi connectivity index (χ2n) is 7.71. The van der Waals surface area contributed by atoms with Crippen LogP contribution in [0.4, 0.5) is 5.69 Å². The summed E-state index contributed by atoms with van der Waals surface area (Å²) in [4.78, 5) is 16.9. The molecule has 32 heavy (non-hydrogen) atoms. The molecule has 1 amide bonds. The lowest BCUT2D eigenvalue weighted by Crippen LogP contribution is -2.54. The van der Waals surface area contributed by atoms with E-state index in [1.54, 1.807) is 38.0 Å². The molecule has 0 saturated carbocycles. The van der Waals surface area contributed by atoms with Crippen LogP contribution in [0.3, 0.4) is 0 Å². The molecule has 3 rings (SSSR count). The van der Waals surface area contributed by atoms with Crippen molar-refractivity contribution < 1.29 is 22.7 Å². The Balaban J connectivity index is 1.59. The number of sulfonamides is 1. The number of anilines is 1. The third kappa shape index (κ3) is 5.52. The monoisotopic (exact) mass is 461 g/mol. The number of benzene rings is 2. The normalized spacial score (nSPS) is 15.4. The van der Waals surface area contributed by atoms with Crippen molar-refractivity contribution >= 4 is 21.6 Å². The summed E-state index contributed by atoms with van der Waals surface area (Å²) in [7, 11) is -2.20. The van der Waals surface area contributed by atoms with E-state index in [9.17, 15) is 13.2 Å². The molecule has 1 N–H and O–H groups in total. The van der Waals surface area contributed by atoms with Gasteiger partial charge in [-0.05, 0) is 68.8 Å². The number of amides is 1. The first kappa shape index (κ1) is 23.9. The first-order valence-electron chi connectivity index (χ1n) is 10.7. The van der Waals surface area contributed by atoms with E-state index in [1.807, 2.05) is 31.2 Å². The summed E-state index contributed by atoms with van der Waals surface area (Å²) in [5.41, 5.74) is 1.79. The van der Waals surface area contributed by atoms with Gasteiger partial charge in [0, 0.05) is 31.9 Å². The van der Waals surface area contributed by atoms with Crippen LogP contribution in [0.2, 0.25) is 0 Å². The molecule has 0 unspecified atom stereocenters. The standard InChI is InChI=1S/C23H31N3O5S/c1-5-31-22-11-10-21(16-17(22)2)32(28,29)24-18(3)23(27)26-14-12-25(13-15-26)19-6-8-20(30-4)9-7-19/h6-11,16,18,24H,5,12-15H2,1-4H3/t18-/m0/s1. The zero-order chi connectivity index (χ0) is 23.3. The summed E-state index contributed by atoms with van der Waals surface area (Å²) in [6, 6.07) is 11.6. The minimum atomic E-state index is -3.83. The van der Waals surface area contributed by atoms with Gasteiger partial charge in [0.1, 0.15) is 11.5 Å². The molecular formula is C23H31N3O5S. The van der Waals surface area contributed by atoms with Gasteiger partial charge in [0.15, 0.2) is 0 Å². The number of rotatable bonds is 8. The fourth-order valence-electron chi connectivity index (χ4n) is 3.71. The number of carbonyl (C=O) groups is 1. The first-order chi connectivity index (χ1) is 15.2. The zero-order valence-corrected chi connectivity index (χ0v) is 19.8. The van der Waals surface area contributed by atoms with Gasteiger partial charge in [-0.25, -0.2) is 8.42 Å². The fourth-order valence-corrected chi connectivity index (χ4v) is 4.99. The largest absolute Gasteiger partial charge is 0.497 e. The Morgan fingerprint density at radius 2 is 1.75 bits per heavy atom. The molecule has 174 valence electrons. The van der Waals surface area contributed by atoms with Crippen LogP contribution in [-0.4, -0.2) is 65.2 Å². The van der Waals surface area contributed by atoms with Crippen LogP contribution in [0.1, 0.15) is 19.4 Å². The third-order valence-electron chi connectivity index (χ3n) is 5.49. The van der Waals surface area contributed by atoms with E-state index in [2.05, 4.69) is 9.62 Å². The molecule has 0 aromatic heterocycles. The number of piperazine rings is 1. The van der Waals surface area contributed by atoms with E-state index in [1.165, 1.54) is 6.07 Å². The van der Waals surface area contributed by atoms with Crippen molar-refractivity contribution in [2.75, 3.05) is 44.8 Å². The number of aryl methyl sites for hydroxylation is 1. The van der Waals surface area contributed by atoms with Crippen molar-refractivity contribution in [2.45, 2.75) is 31.7 Å². The van der Waals surface area contributed by atoms with Gasteiger partial charge in [-0.3, -0.25) is 4.79 Å². The van der Waals surface area contributed by atoms with Crippen molar-refractivity contribution in [3.05, 3.63) is 48.0 Å². The summed E-state index contributed by atoms with van der Waals surface area (Å²) in [6.45, 7) is 8.15. The summed E-state index contributed by atoms with van der Waals surface area (Å²) >= 11 is 0. The Morgan fingerprint density at radius 3 is 2.31 bits per heavy atom. The van der Waals surface area contributed by atoms with Crippen molar-refractivity contribution in [3.8, 4) is 11.5 Å². The highest BCUT2D eigenvalue weighted by molar-refractivity contribution is 7.89. The Hall–Kier alpha value is -2.78. The molecule has 2 aromatic carbocycles. The molecule has 1 fully saturated rings. The number of methoxy groups -OCH3 is 1. The van der Waals surface area contributed by atoms with E-state index in [-0.39, 0.29) is 10.8 Å². The maximum Gasteiger partial charge on any atom is 0.241 e. The Bertz CT molecular complexity index is 1030. The molecule has 9 heteroatoms. The van der Waals surface area contributed by atoms with Crippen LogP contribution >= 0.6 is 0 Å². The van der Waals surface area contributed by atoms with Gasteiger partial charge in [-0.1, -0.05) is 0 Å². The molecule has 2 aromatic rings. The van der Waals surface area contributed by atoms with Gasteiger partial charge < -0.3 is 19.3 Å². The zero-order valence-electron chi connectivity index (χ0n) is 19.0. The van der Waals surface area contributed by atoms with Crippen LogP contribution < -0.4 is 19.1 Å². The van der Waals surface area contributed by atoms with Crippen molar-refractivity contribution in [3.63, 3.8) is 0 Å². The molecule has 1 aliphatic heterocycles. The van der Waals surface area contributed by atoms with Crippen LogP contribution in [0.5, 0.6) is 11.5 Å². The molecule has 8 nitrogen and oxygen atoms in total. The molecule has 1 saturated heterocycles. The summed E-state index contributed by atoms with van der Waals surface area (Å²) in [5, 5.41) is 0. The lowest BCUT2D eigenvalue weighted by Gasteiger charge is -2.37. The van der Waals surface area contributed by atoms with E-state index in [4.69, 9.17) is 9.47 Å². The highest BCUT2D eigenvalue weighted by Gasteiger charge is 2.28. The van der Waals surface area contributed by atoms with Gasteiger partial charge in [-0.2, -0.15) is 4.72 Å². The lowest BCUT2D eigenvalue weighted by molar-refractivity contribution is -0.132.